The minimum atomic E-state index is 0.165. The third-order valence-corrected chi connectivity index (χ3v) is 4.55. The monoisotopic (exact) mass is 536 g/mol. The van der Waals surface area contributed by atoms with E-state index in [1.807, 2.05) is 30.3 Å². The number of terminal acetylenes is 1. The van der Waals surface area contributed by atoms with Gasteiger partial charge < -0.3 is 9.47 Å². The van der Waals surface area contributed by atoms with Crippen molar-refractivity contribution in [1.82, 2.24) is 0 Å². The van der Waals surface area contributed by atoms with E-state index in [4.69, 9.17) is 15.9 Å². The standard InChI is InChI=1S/C15H8Br4O2/c1-2-5-20-15-12(19)7-10(17)8-14(15)21-13-4-3-9(16)6-11(13)18/h1,3-4,6-8H,5H2. The molecule has 0 saturated heterocycles. The van der Waals surface area contributed by atoms with Crippen LogP contribution in [0.15, 0.2) is 48.2 Å². The van der Waals surface area contributed by atoms with Crippen molar-refractivity contribution in [1.29, 1.82) is 0 Å². The second kappa shape index (κ2) is 7.68. The first-order chi connectivity index (χ1) is 10.0. The molecule has 0 saturated carbocycles. The van der Waals surface area contributed by atoms with Crippen LogP contribution in [0.1, 0.15) is 0 Å². The summed E-state index contributed by atoms with van der Waals surface area (Å²) in [6.07, 6.45) is 5.25. The molecule has 2 aromatic carbocycles. The molecule has 2 nitrogen and oxygen atoms in total. The summed E-state index contributed by atoms with van der Waals surface area (Å²) in [5, 5.41) is 0. The summed E-state index contributed by atoms with van der Waals surface area (Å²) < 4.78 is 14.9. The SMILES string of the molecule is C#CCOc1c(Br)cc(Br)cc1Oc1ccc(Br)cc1Br. The molecule has 0 aromatic heterocycles. The van der Waals surface area contributed by atoms with E-state index in [-0.39, 0.29) is 6.61 Å². The van der Waals surface area contributed by atoms with Gasteiger partial charge in [-0.1, -0.05) is 37.8 Å². The van der Waals surface area contributed by atoms with Gasteiger partial charge in [0.1, 0.15) is 12.4 Å². The lowest BCUT2D eigenvalue weighted by molar-refractivity contribution is 0.343. The van der Waals surface area contributed by atoms with E-state index in [1.54, 1.807) is 0 Å². The van der Waals surface area contributed by atoms with E-state index in [9.17, 15) is 0 Å². The maximum Gasteiger partial charge on any atom is 0.177 e. The van der Waals surface area contributed by atoms with Crippen molar-refractivity contribution in [3.05, 3.63) is 48.2 Å². The van der Waals surface area contributed by atoms with Gasteiger partial charge in [-0.05, 0) is 62.2 Å². The van der Waals surface area contributed by atoms with Crippen molar-refractivity contribution >= 4 is 63.7 Å². The fourth-order valence-electron chi connectivity index (χ4n) is 1.54. The molecule has 0 unspecified atom stereocenters. The normalized spacial score (nSPS) is 10.0. The quantitative estimate of drug-likeness (QED) is 0.411. The van der Waals surface area contributed by atoms with E-state index >= 15 is 0 Å². The average molecular weight is 540 g/mol. The molecule has 0 atom stereocenters. The minimum Gasteiger partial charge on any atom is -0.476 e. The molecule has 21 heavy (non-hydrogen) atoms. The maximum absolute atomic E-state index is 5.93. The van der Waals surface area contributed by atoms with Crippen molar-refractivity contribution in [3.63, 3.8) is 0 Å². The van der Waals surface area contributed by atoms with E-state index in [1.165, 1.54) is 0 Å². The zero-order valence-corrected chi connectivity index (χ0v) is 16.8. The second-order valence-corrected chi connectivity index (χ2v) is 7.42. The molecule has 6 heteroatoms. The summed E-state index contributed by atoms with van der Waals surface area (Å²) in [7, 11) is 0. The maximum atomic E-state index is 5.93. The Morgan fingerprint density at radius 3 is 2.29 bits per heavy atom. The lowest BCUT2D eigenvalue weighted by Gasteiger charge is -2.14. The summed E-state index contributed by atoms with van der Waals surface area (Å²) in [4.78, 5) is 0. The molecule has 0 fully saturated rings. The van der Waals surface area contributed by atoms with Gasteiger partial charge in [-0.15, -0.1) is 6.42 Å². The Balaban J connectivity index is 2.40. The molecule has 0 aliphatic carbocycles. The van der Waals surface area contributed by atoms with Crippen LogP contribution in [0.2, 0.25) is 0 Å². The molecule has 2 aromatic rings. The molecule has 0 aliphatic rings. The van der Waals surface area contributed by atoms with Gasteiger partial charge in [0.25, 0.3) is 0 Å². The summed E-state index contributed by atoms with van der Waals surface area (Å²) in [5.74, 6) is 4.24. The van der Waals surface area contributed by atoms with Crippen LogP contribution in [-0.4, -0.2) is 6.61 Å². The number of hydrogen-bond acceptors (Lipinski definition) is 2. The van der Waals surface area contributed by atoms with Crippen molar-refractivity contribution in [2.75, 3.05) is 6.61 Å². The third-order valence-electron chi connectivity index (χ3n) is 2.39. The first kappa shape index (κ1) is 16.9. The fourth-order valence-corrected chi connectivity index (χ4v) is 3.97. The van der Waals surface area contributed by atoms with Crippen LogP contribution in [0, 0.1) is 12.3 Å². The molecule has 0 heterocycles. The van der Waals surface area contributed by atoms with Gasteiger partial charge in [-0.25, -0.2) is 0 Å². The topological polar surface area (TPSA) is 18.5 Å². The van der Waals surface area contributed by atoms with E-state index in [0.717, 1.165) is 17.9 Å². The van der Waals surface area contributed by atoms with Crippen LogP contribution in [0.5, 0.6) is 17.2 Å². The zero-order valence-electron chi connectivity index (χ0n) is 10.5. The van der Waals surface area contributed by atoms with E-state index in [2.05, 4.69) is 69.6 Å². The third kappa shape index (κ3) is 4.49. The highest BCUT2D eigenvalue weighted by Gasteiger charge is 2.14. The van der Waals surface area contributed by atoms with Gasteiger partial charge in [0, 0.05) is 8.95 Å². The van der Waals surface area contributed by atoms with Gasteiger partial charge in [0.2, 0.25) is 0 Å². The number of hydrogen-bond donors (Lipinski definition) is 0. The summed E-state index contributed by atoms with van der Waals surface area (Å²) in [6, 6.07) is 9.35. The number of benzene rings is 2. The molecule has 0 bridgehead atoms. The van der Waals surface area contributed by atoms with E-state index in [0.29, 0.717) is 17.2 Å². The van der Waals surface area contributed by atoms with Crippen LogP contribution in [-0.2, 0) is 0 Å². The predicted octanol–water partition coefficient (Wildman–Crippen LogP) is 6.54. The zero-order chi connectivity index (χ0) is 15.4. The summed E-state index contributed by atoms with van der Waals surface area (Å²) in [6.45, 7) is 0.165. The highest BCUT2D eigenvalue weighted by Crippen LogP contribution is 2.42. The molecule has 0 N–H and O–H groups in total. The number of ether oxygens (including phenoxy) is 2. The van der Waals surface area contributed by atoms with Crippen molar-refractivity contribution in [3.8, 4) is 29.6 Å². The largest absolute Gasteiger partial charge is 0.476 e. The molecule has 108 valence electrons. The van der Waals surface area contributed by atoms with Crippen molar-refractivity contribution < 1.29 is 9.47 Å². The molecule has 0 amide bonds. The van der Waals surface area contributed by atoms with Gasteiger partial charge >= 0.3 is 0 Å². The molecular weight excluding hydrogens is 532 g/mol. The minimum absolute atomic E-state index is 0.165. The molecule has 0 aliphatic heterocycles. The summed E-state index contributed by atoms with van der Waals surface area (Å²) in [5.41, 5.74) is 0. The smallest absolute Gasteiger partial charge is 0.177 e. The summed E-state index contributed by atoms with van der Waals surface area (Å²) >= 11 is 13.8. The van der Waals surface area contributed by atoms with Crippen LogP contribution < -0.4 is 9.47 Å². The Bertz CT molecular complexity index is 708. The Morgan fingerprint density at radius 2 is 1.62 bits per heavy atom. The van der Waals surface area contributed by atoms with Gasteiger partial charge in [0.15, 0.2) is 11.5 Å². The van der Waals surface area contributed by atoms with Crippen molar-refractivity contribution in [2.45, 2.75) is 0 Å². The lowest BCUT2D eigenvalue weighted by atomic mass is 10.3. The van der Waals surface area contributed by atoms with E-state index < -0.39 is 0 Å². The van der Waals surface area contributed by atoms with Crippen LogP contribution in [0.3, 0.4) is 0 Å². The molecule has 0 spiro atoms. The first-order valence-electron chi connectivity index (χ1n) is 5.69. The predicted molar refractivity (Wildman–Crippen MR) is 98.1 cm³/mol. The van der Waals surface area contributed by atoms with Crippen LogP contribution >= 0.6 is 63.7 Å². The number of halogens is 4. The van der Waals surface area contributed by atoms with Crippen LogP contribution in [0.4, 0.5) is 0 Å². The lowest BCUT2D eigenvalue weighted by Crippen LogP contribution is -1.98. The van der Waals surface area contributed by atoms with Gasteiger partial charge in [-0.3, -0.25) is 0 Å². The molecule has 2 rings (SSSR count). The van der Waals surface area contributed by atoms with Crippen molar-refractivity contribution in [2.24, 2.45) is 0 Å². The Morgan fingerprint density at radius 1 is 0.905 bits per heavy atom. The number of rotatable bonds is 4. The Labute approximate surface area is 156 Å². The molecular formula is C15H8Br4O2. The van der Waals surface area contributed by atoms with Gasteiger partial charge in [-0.2, -0.15) is 0 Å². The fraction of sp³-hybridized carbons (Fsp3) is 0.0667. The highest BCUT2D eigenvalue weighted by molar-refractivity contribution is 9.11. The Kier molecular flexibility index (Phi) is 6.18. The first-order valence-corrected chi connectivity index (χ1v) is 8.86. The average Bonchev–Trinajstić information content (AvgIpc) is 2.41. The van der Waals surface area contributed by atoms with Gasteiger partial charge in [0.05, 0.1) is 8.95 Å². The highest BCUT2D eigenvalue weighted by atomic mass is 79.9. The Hall–Kier alpha value is -0.480. The second-order valence-electron chi connectivity index (χ2n) is 3.88. The molecule has 0 radical (unpaired) electrons. The van der Waals surface area contributed by atoms with Crippen LogP contribution in [0.25, 0.3) is 0 Å².